The van der Waals surface area contributed by atoms with Gasteiger partial charge in [-0.05, 0) is 57.7 Å². The number of carbonyl (C=O) groups is 1. The smallest absolute Gasteiger partial charge is 0.410 e. The zero-order chi connectivity index (χ0) is 14.8. The second-order valence-electron chi connectivity index (χ2n) is 6.42. The number of carbonyl (C=O) groups excluding carboxylic acids is 1. The molecular weight excluding hydrogens is 252 g/mol. The first-order valence-electron chi connectivity index (χ1n) is 7.19. The summed E-state index contributed by atoms with van der Waals surface area (Å²) in [5.74, 6) is 0. The number of hydrogen-bond donors (Lipinski definition) is 1. The third kappa shape index (κ3) is 3.89. The van der Waals surface area contributed by atoms with E-state index in [2.05, 4.69) is 0 Å². The molecule has 0 spiro atoms. The van der Waals surface area contributed by atoms with Gasteiger partial charge in [0.15, 0.2) is 0 Å². The summed E-state index contributed by atoms with van der Waals surface area (Å²) in [5, 5.41) is 0. The molecule has 1 aromatic carbocycles. The quantitative estimate of drug-likeness (QED) is 0.844. The maximum atomic E-state index is 12.2. The third-order valence-electron chi connectivity index (χ3n) is 3.46. The molecule has 1 aliphatic rings. The number of anilines is 1. The van der Waals surface area contributed by atoms with Crippen molar-refractivity contribution in [1.82, 2.24) is 4.90 Å². The fraction of sp³-hybridized carbons (Fsp3) is 0.562. The SMILES string of the molecule is CC(C)(C)OC(=O)N1CCC[C@H]1Cc1ccc(N)cc1. The second kappa shape index (κ2) is 5.73. The van der Waals surface area contributed by atoms with Crippen LogP contribution < -0.4 is 5.73 Å². The molecule has 2 N–H and O–H groups in total. The van der Waals surface area contributed by atoms with Gasteiger partial charge >= 0.3 is 6.09 Å². The topological polar surface area (TPSA) is 55.6 Å². The number of likely N-dealkylation sites (tertiary alicyclic amines) is 1. The van der Waals surface area contributed by atoms with Gasteiger partial charge in [0.25, 0.3) is 0 Å². The average molecular weight is 276 g/mol. The Bertz CT molecular complexity index is 462. The van der Waals surface area contributed by atoms with Gasteiger partial charge in [-0.3, -0.25) is 0 Å². The molecule has 2 rings (SSSR count). The van der Waals surface area contributed by atoms with Crippen molar-refractivity contribution in [3.05, 3.63) is 29.8 Å². The number of nitrogens with two attached hydrogens (primary N) is 1. The average Bonchev–Trinajstić information content (AvgIpc) is 2.78. The van der Waals surface area contributed by atoms with E-state index in [4.69, 9.17) is 10.5 Å². The van der Waals surface area contributed by atoms with Gasteiger partial charge in [-0.15, -0.1) is 0 Å². The molecule has 1 fully saturated rings. The van der Waals surface area contributed by atoms with Crippen LogP contribution in [-0.4, -0.2) is 29.2 Å². The Morgan fingerprint density at radius 3 is 2.60 bits per heavy atom. The zero-order valence-corrected chi connectivity index (χ0v) is 12.6. The summed E-state index contributed by atoms with van der Waals surface area (Å²) < 4.78 is 5.48. The predicted octanol–water partition coefficient (Wildman–Crippen LogP) is 3.21. The molecule has 1 heterocycles. The number of nitrogens with zero attached hydrogens (tertiary/aromatic N) is 1. The molecule has 0 radical (unpaired) electrons. The van der Waals surface area contributed by atoms with Crippen molar-refractivity contribution in [2.45, 2.75) is 51.7 Å². The molecule has 0 aliphatic carbocycles. The lowest BCUT2D eigenvalue weighted by molar-refractivity contribution is 0.0227. The predicted molar refractivity (Wildman–Crippen MR) is 80.5 cm³/mol. The number of hydrogen-bond acceptors (Lipinski definition) is 3. The fourth-order valence-corrected chi connectivity index (χ4v) is 2.53. The first-order valence-corrected chi connectivity index (χ1v) is 7.19. The molecule has 0 unspecified atom stereocenters. The minimum Gasteiger partial charge on any atom is -0.444 e. The Hall–Kier alpha value is -1.71. The normalized spacial score (nSPS) is 19.1. The highest BCUT2D eigenvalue weighted by Crippen LogP contribution is 2.24. The Balaban J connectivity index is 2.00. The van der Waals surface area contributed by atoms with Crippen LogP contribution in [0.25, 0.3) is 0 Å². The summed E-state index contributed by atoms with van der Waals surface area (Å²) in [6.07, 6.45) is 2.73. The van der Waals surface area contributed by atoms with Crippen LogP contribution in [0.15, 0.2) is 24.3 Å². The molecule has 20 heavy (non-hydrogen) atoms. The summed E-state index contributed by atoms with van der Waals surface area (Å²) >= 11 is 0. The first-order chi connectivity index (χ1) is 9.35. The zero-order valence-electron chi connectivity index (χ0n) is 12.6. The molecule has 0 saturated carbocycles. The van der Waals surface area contributed by atoms with Gasteiger partial charge in [-0.2, -0.15) is 0 Å². The Labute approximate surface area is 120 Å². The Morgan fingerprint density at radius 2 is 2.00 bits per heavy atom. The minimum absolute atomic E-state index is 0.199. The maximum absolute atomic E-state index is 12.2. The molecule has 1 aliphatic heterocycles. The molecule has 4 nitrogen and oxygen atoms in total. The summed E-state index contributed by atoms with van der Waals surface area (Å²) in [6.45, 7) is 6.48. The molecule has 1 saturated heterocycles. The van der Waals surface area contributed by atoms with Gasteiger partial charge in [-0.25, -0.2) is 4.79 Å². The third-order valence-corrected chi connectivity index (χ3v) is 3.46. The highest BCUT2D eigenvalue weighted by Gasteiger charge is 2.31. The van der Waals surface area contributed by atoms with Gasteiger partial charge in [0.2, 0.25) is 0 Å². The monoisotopic (exact) mass is 276 g/mol. The number of amides is 1. The number of nitrogen functional groups attached to an aromatic ring is 1. The van der Waals surface area contributed by atoms with Gasteiger partial charge < -0.3 is 15.4 Å². The lowest BCUT2D eigenvalue weighted by Gasteiger charge is -2.28. The summed E-state index contributed by atoms with van der Waals surface area (Å²) in [7, 11) is 0. The summed E-state index contributed by atoms with van der Waals surface area (Å²) in [5.41, 5.74) is 7.23. The van der Waals surface area contributed by atoms with Gasteiger partial charge in [0.05, 0.1) is 0 Å². The largest absolute Gasteiger partial charge is 0.444 e. The van der Waals surface area contributed by atoms with E-state index >= 15 is 0 Å². The van der Waals surface area contributed by atoms with Crippen LogP contribution >= 0.6 is 0 Å². The van der Waals surface area contributed by atoms with Crippen molar-refractivity contribution in [2.24, 2.45) is 0 Å². The molecule has 1 aromatic rings. The minimum atomic E-state index is -0.439. The van der Waals surface area contributed by atoms with E-state index in [9.17, 15) is 4.79 Å². The molecule has 1 atom stereocenters. The van der Waals surface area contributed by atoms with Gasteiger partial charge in [0.1, 0.15) is 5.60 Å². The van der Waals surface area contributed by atoms with Crippen molar-refractivity contribution in [3.63, 3.8) is 0 Å². The Kier molecular flexibility index (Phi) is 4.21. The molecule has 0 bridgehead atoms. The van der Waals surface area contributed by atoms with Crippen molar-refractivity contribution in [2.75, 3.05) is 12.3 Å². The number of benzene rings is 1. The van der Waals surface area contributed by atoms with Crippen LogP contribution in [0.1, 0.15) is 39.2 Å². The van der Waals surface area contributed by atoms with E-state index < -0.39 is 5.60 Å². The van der Waals surface area contributed by atoms with Gasteiger partial charge in [-0.1, -0.05) is 12.1 Å². The van der Waals surface area contributed by atoms with Crippen LogP contribution in [0.3, 0.4) is 0 Å². The van der Waals surface area contributed by atoms with Gasteiger partial charge in [0, 0.05) is 18.3 Å². The van der Waals surface area contributed by atoms with E-state index in [-0.39, 0.29) is 12.1 Å². The van der Waals surface area contributed by atoms with Crippen LogP contribution in [0, 0.1) is 0 Å². The Morgan fingerprint density at radius 1 is 1.35 bits per heavy atom. The molecule has 0 aromatic heterocycles. The van der Waals surface area contributed by atoms with E-state index in [1.165, 1.54) is 5.56 Å². The van der Waals surface area contributed by atoms with E-state index in [1.54, 1.807) is 0 Å². The van der Waals surface area contributed by atoms with Crippen LogP contribution in [-0.2, 0) is 11.2 Å². The molecule has 4 heteroatoms. The highest BCUT2D eigenvalue weighted by atomic mass is 16.6. The van der Waals surface area contributed by atoms with E-state index in [1.807, 2.05) is 49.9 Å². The fourth-order valence-electron chi connectivity index (χ4n) is 2.53. The van der Waals surface area contributed by atoms with Crippen molar-refractivity contribution in [3.8, 4) is 0 Å². The van der Waals surface area contributed by atoms with Crippen molar-refractivity contribution in [1.29, 1.82) is 0 Å². The van der Waals surface area contributed by atoms with Crippen LogP contribution in [0.4, 0.5) is 10.5 Å². The molecular formula is C16H24N2O2. The lowest BCUT2D eigenvalue weighted by atomic mass is 10.0. The summed E-state index contributed by atoms with van der Waals surface area (Å²) in [6, 6.07) is 8.10. The lowest BCUT2D eigenvalue weighted by Crippen LogP contribution is -2.40. The van der Waals surface area contributed by atoms with Crippen LogP contribution in [0.2, 0.25) is 0 Å². The highest BCUT2D eigenvalue weighted by molar-refractivity contribution is 5.69. The summed E-state index contributed by atoms with van der Waals surface area (Å²) in [4.78, 5) is 14.1. The standard InChI is InChI=1S/C16H24N2O2/c1-16(2,3)20-15(19)18-10-4-5-14(18)11-12-6-8-13(17)9-7-12/h6-9,14H,4-5,10-11,17H2,1-3H3/t14-/m0/s1. The number of ether oxygens (including phenoxy) is 1. The molecule has 110 valence electrons. The molecule has 1 amide bonds. The first kappa shape index (κ1) is 14.7. The second-order valence-corrected chi connectivity index (χ2v) is 6.42. The van der Waals surface area contributed by atoms with E-state index in [0.29, 0.717) is 0 Å². The van der Waals surface area contributed by atoms with E-state index in [0.717, 1.165) is 31.5 Å². The van der Waals surface area contributed by atoms with Crippen molar-refractivity contribution >= 4 is 11.8 Å². The number of rotatable bonds is 2. The van der Waals surface area contributed by atoms with Crippen molar-refractivity contribution < 1.29 is 9.53 Å². The maximum Gasteiger partial charge on any atom is 0.410 e. The van der Waals surface area contributed by atoms with Crippen LogP contribution in [0.5, 0.6) is 0 Å².